The van der Waals surface area contributed by atoms with Crippen molar-refractivity contribution in [3.05, 3.63) is 48.0 Å². The standard InChI is InChI=1S/C19H22FN3O3/c1-13(2)25-16-7-5-14(6-8-16)18(24)23-9-3-4-17(12-23)26-19-21-10-15(20)11-22-19/h5-8,10-11,13,17H,3-4,9,12H2,1-2H3. The molecule has 3 rings (SSSR count). The summed E-state index contributed by atoms with van der Waals surface area (Å²) in [6.45, 7) is 5.03. The third-order valence-electron chi connectivity index (χ3n) is 4.01. The van der Waals surface area contributed by atoms with Crippen molar-refractivity contribution in [3.63, 3.8) is 0 Å². The van der Waals surface area contributed by atoms with Crippen molar-refractivity contribution in [2.45, 2.75) is 38.9 Å². The Kier molecular flexibility index (Phi) is 5.65. The highest BCUT2D eigenvalue weighted by atomic mass is 19.1. The number of nitrogens with zero attached hydrogens (tertiary/aromatic N) is 3. The van der Waals surface area contributed by atoms with E-state index in [4.69, 9.17) is 9.47 Å². The van der Waals surface area contributed by atoms with Crippen molar-refractivity contribution in [2.24, 2.45) is 0 Å². The van der Waals surface area contributed by atoms with Gasteiger partial charge in [0.15, 0.2) is 5.82 Å². The van der Waals surface area contributed by atoms with Gasteiger partial charge in [-0.05, 0) is 51.0 Å². The molecule has 138 valence electrons. The Labute approximate surface area is 152 Å². The van der Waals surface area contributed by atoms with Gasteiger partial charge >= 0.3 is 6.01 Å². The zero-order valence-corrected chi connectivity index (χ0v) is 14.9. The third kappa shape index (κ3) is 4.68. The van der Waals surface area contributed by atoms with E-state index in [2.05, 4.69) is 9.97 Å². The molecular weight excluding hydrogens is 337 g/mol. The second-order valence-electron chi connectivity index (χ2n) is 6.51. The average molecular weight is 359 g/mol. The Balaban J connectivity index is 1.61. The monoisotopic (exact) mass is 359 g/mol. The number of piperidine rings is 1. The molecule has 6 nitrogen and oxygen atoms in total. The van der Waals surface area contributed by atoms with Crippen molar-refractivity contribution in [1.82, 2.24) is 14.9 Å². The second-order valence-corrected chi connectivity index (χ2v) is 6.51. The highest BCUT2D eigenvalue weighted by Gasteiger charge is 2.26. The minimum atomic E-state index is -0.511. The van der Waals surface area contributed by atoms with E-state index in [9.17, 15) is 9.18 Å². The molecular formula is C19H22FN3O3. The molecule has 1 saturated heterocycles. The molecule has 0 saturated carbocycles. The zero-order valence-electron chi connectivity index (χ0n) is 14.9. The first-order chi connectivity index (χ1) is 12.5. The topological polar surface area (TPSA) is 64.5 Å². The van der Waals surface area contributed by atoms with E-state index in [1.165, 1.54) is 0 Å². The minimum absolute atomic E-state index is 0.0468. The lowest BCUT2D eigenvalue weighted by Crippen LogP contribution is -2.44. The third-order valence-corrected chi connectivity index (χ3v) is 4.01. The van der Waals surface area contributed by atoms with Crippen LogP contribution in [0.2, 0.25) is 0 Å². The van der Waals surface area contributed by atoms with Crippen LogP contribution in [-0.2, 0) is 0 Å². The second kappa shape index (κ2) is 8.12. The SMILES string of the molecule is CC(C)Oc1ccc(C(=O)N2CCCC(Oc3ncc(F)cn3)C2)cc1. The van der Waals surface area contributed by atoms with E-state index in [1.807, 2.05) is 13.8 Å². The van der Waals surface area contributed by atoms with Crippen LogP contribution in [0.1, 0.15) is 37.0 Å². The van der Waals surface area contributed by atoms with Crippen molar-refractivity contribution < 1.29 is 18.7 Å². The molecule has 1 aliphatic heterocycles. The number of halogens is 1. The number of benzene rings is 1. The van der Waals surface area contributed by atoms with Crippen molar-refractivity contribution in [1.29, 1.82) is 0 Å². The summed E-state index contributed by atoms with van der Waals surface area (Å²) in [5.74, 6) is 0.182. The van der Waals surface area contributed by atoms with Crippen molar-refractivity contribution >= 4 is 5.91 Å². The fraction of sp³-hybridized carbons (Fsp3) is 0.421. The molecule has 1 atom stereocenters. The maximum Gasteiger partial charge on any atom is 0.316 e. The van der Waals surface area contributed by atoms with Crippen LogP contribution in [0.4, 0.5) is 4.39 Å². The van der Waals surface area contributed by atoms with E-state index in [0.717, 1.165) is 31.0 Å². The fourth-order valence-electron chi connectivity index (χ4n) is 2.86. The molecule has 0 N–H and O–H groups in total. The summed E-state index contributed by atoms with van der Waals surface area (Å²) in [5.41, 5.74) is 0.611. The molecule has 0 bridgehead atoms. The van der Waals surface area contributed by atoms with Gasteiger partial charge in [0, 0.05) is 12.1 Å². The lowest BCUT2D eigenvalue weighted by Gasteiger charge is -2.32. The summed E-state index contributed by atoms with van der Waals surface area (Å²) < 4.78 is 24.2. The predicted octanol–water partition coefficient (Wildman–Crippen LogP) is 3.09. The molecule has 0 aliphatic carbocycles. The number of carbonyl (C=O) groups is 1. The molecule has 1 aromatic heterocycles. The van der Waals surface area contributed by atoms with Crippen LogP contribution in [0.25, 0.3) is 0 Å². The number of amides is 1. The van der Waals surface area contributed by atoms with Crippen molar-refractivity contribution in [3.8, 4) is 11.8 Å². The number of hydrogen-bond acceptors (Lipinski definition) is 5. The first kappa shape index (κ1) is 18.1. The molecule has 2 aromatic rings. The van der Waals surface area contributed by atoms with E-state index in [1.54, 1.807) is 29.2 Å². The predicted molar refractivity (Wildman–Crippen MR) is 93.7 cm³/mol. The van der Waals surface area contributed by atoms with Crippen LogP contribution in [-0.4, -0.2) is 46.1 Å². The normalized spacial score (nSPS) is 17.2. The van der Waals surface area contributed by atoms with Gasteiger partial charge in [-0.3, -0.25) is 4.79 Å². The molecule has 2 heterocycles. The number of rotatable bonds is 5. The summed E-state index contributed by atoms with van der Waals surface area (Å²) in [7, 11) is 0. The lowest BCUT2D eigenvalue weighted by atomic mass is 10.1. The van der Waals surface area contributed by atoms with Gasteiger partial charge in [0.05, 0.1) is 25.0 Å². The Morgan fingerprint density at radius 1 is 1.23 bits per heavy atom. The maximum absolute atomic E-state index is 12.9. The van der Waals surface area contributed by atoms with E-state index >= 15 is 0 Å². The first-order valence-corrected chi connectivity index (χ1v) is 8.71. The van der Waals surface area contributed by atoms with E-state index in [-0.39, 0.29) is 24.1 Å². The Morgan fingerprint density at radius 2 is 1.92 bits per heavy atom. The van der Waals surface area contributed by atoms with Gasteiger partial charge in [-0.25, -0.2) is 14.4 Å². The lowest BCUT2D eigenvalue weighted by molar-refractivity contribution is 0.0515. The van der Waals surface area contributed by atoms with Crippen LogP contribution < -0.4 is 9.47 Å². The van der Waals surface area contributed by atoms with Crippen LogP contribution in [0, 0.1) is 5.82 Å². The number of ether oxygens (including phenoxy) is 2. The summed E-state index contributed by atoms with van der Waals surface area (Å²) in [6, 6.07) is 7.27. The van der Waals surface area contributed by atoms with Crippen LogP contribution >= 0.6 is 0 Å². The molecule has 7 heteroatoms. The number of carbonyl (C=O) groups excluding carboxylic acids is 1. The molecule has 1 amide bonds. The zero-order chi connectivity index (χ0) is 18.5. The summed E-state index contributed by atoms with van der Waals surface area (Å²) >= 11 is 0. The summed E-state index contributed by atoms with van der Waals surface area (Å²) in [6.07, 6.45) is 3.63. The van der Waals surface area contributed by atoms with Gasteiger partial charge < -0.3 is 14.4 Å². The summed E-state index contributed by atoms with van der Waals surface area (Å²) in [5, 5.41) is 0. The number of likely N-dealkylation sites (tertiary alicyclic amines) is 1. The largest absolute Gasteiger partial charge is 0.491 e. The van der Waals surface area contributed by atoms with Crippen LogP contribution in [0.3, 0.4) is 0 Å². The average Bonchev–Trinajstić information content (AvgIpc) is 2.63. The molecule has 1 unspecified atom stereocenters. The highest BCUT2D eigenvalue weighted by Crippen LogP contribution is 2.19. The van der Waals surface area contributed by atoms with Gasteiger partial charge in [0.25, 0.3) is 5.91 Å². The van der Waals surface area contributed by atoms with E-state index < -0.39 is 5.82 Å². The minimum Gasteiger partial charge on any atom is -0.491 e. The van der Waals surface area contributed by atoms with Crippen LogP contribution in [0.15, 0.2) is 36.7 Å². The molecule has 26 heavy (non-hydrogen) atoms. The highest BCUT2D eigenvalue weighted by molar-refractivity contribution is 5.94. The molecule has 1 aromatic carbocycles. The first-order valence-electron chi connectivity index (χ1n) is 8.71. The van der Waals surface area contributed by atoms with Gasteiger partial charge in [-0.15, -0.1) is 0 Å². The molecule has 0 radical (unpaired) electrons. The molecule has 1 aliphatic rings. The Hall–Kier alpha value is -2.70. The van der Waals surface area contributed by atoms with E-state index in [0.29, 0.717) is 18.7 Å². The smallest absolute Gasteiger partial charge is 0.316 e. The fourth-order valence-corrected chi connectivity index (χ4v) is 2.86. The Morgan fingerprint density at radius 3 is 2.58 bits per heavy atom. The number of hydrogen-bond donors (Lipinski definition) is 0. The van der Waals surface area contributed by atoms with Gasteiger partial charge in [-0.2, -0.15) is 0 Å². The quantitative estimate of drug-likeness (QED) is 0.821. The van der Waals surface area contributed by atoms with Gasteiger partial charge in [0.1, 0.15) is 11.9 Å². The van der Waals surface area contributed by atoms with Crippen molar-refractivity contribution in [2.75, 3.05) is 13.1 Å². The van der Waals surface area contributed by atoms with Gasteiger partial charge in [0.2, 0.25) is 0 Å². The molecule has 1 fully saturated rings. The Bertz CT molecular complexity index is 735. The number of aromatic nitrogens is 2. The summed E-state index contributed by atoms with van der Waals surface area (Å²) in [4.78, 5) is 22.1. The van der Waals surface area contributed by atoms with Gasteiger partial charge in [-0.1, -0.05) is 0 Å². The molecule has 0 spiro atoms. The maximum atomic E-state index is 12.9. The van der Waals surface area contributed by atoms with Crippen LogP contribution in [0.5, 0.6) is 11.8 Å².